The molecule has 0 aliphatic heterocycles. The Bertz CT molecular complexity index is 427. The van der Waals surface area contributed by atoms with Crippen molar-refractivity contribution in [3.63, 3.8) is 0 Å². The van der Waals surface area contributed by atoms with Gasteiger partial charge in [0.2, 0.25) is 18.2 Å². The third-order valence-electron chi connectivity index (χ3n) is 2.24. The van der Waals surface area contributed by atoms with Gasteiger partial charge in [0.1, 0.15) is 0 Å². The number of nitrogens with zero attached hydrogens (tertiary/aromatic N) is 3. The molecular formula is C10H11N3O5. The van der Waals surface area contributed by atoms with Crippen LogP contribution in [-0.2, 0) is 19.2 Å². The van der Waals surface area contributed by atoms with Crippen LogP contribution in [0.1, 0.15) is 19.3 Å². The summed E-state index contributed by atoms with van der Waals surface area (Å²) in [6.07, 6.45) is 4.48. The van der Waals surface area contributed by atoms with Crippen LogP contribution in [0.3, 0.4) is 0 Å². The van der Waals surface area contributed by atoms with Gasteiger partial charge in [0, 0.05) is 0 Å². The normalized spacial score (nSPS) is 12.2. The highest BCUT2D eigenvalue weighted by Crippen LogP contribution is 2.20. The van der Waals surface area contributed by atoms with Crippen molar-refractivity contribution in [2.45, 2.75) is 24.8 Å². The second-order valence-electron chi connectivity index (χ2n) is 3.38. The van der Waals surface area contributed by atoms with Crippen LogP contribution in [-0.4, -0.2) is 47.9 Å². The first-order valence-electron chi connectivity index (χ1n) is 5.02. The Hall–Kier alpha value is -2.39. The summed E-state index contributed by atoms with van der Waals surface area (Å²) in [4.78, 5) is 50.8. The molecule has 8 nitrogen and oxygen atoms in total. The maximum Gasteiger partial charge on any atom is 0.334 e. The topological polar surface area (TPSA) is 126 Å². The van der Waals surface area contributed by atoms with E-state index in [-0.39, 0.29) is 13.0 Å². The predicted molar refractivity (Wildman–Crippen MR) is 58.3 cm³/mol. The van der Waals surface area contributed by atoms with Crippen LogP contribution in [0.15, 0.2) is 15.0 Å². The first-order valence-corrected chi connectivity index (χ1v) is 5.02. The second kappa shape index (κ2) is 8.73. The summed E-state index contributed by atoms with van der Waals surface area (Å²) in [7, 11) is 0. The van der Waals surface area contributed by atoms with Crippen LogP contribution in [0.5, 0.6) is 0 Å². The molecule has 8 heteroatoms. The van der Waals surface area contributed by atoms with Gasteiger partial charge >= 0.3 is 5.97 Å². The molecular weight excluding hydrogens is 242 g/mol. The molecule has 96 valence electrons. The number of isocyanates is 3. The maximum absolute atomic E-state index is 11.1. The highest BCUT2D eigenvalue weighted by Gasteiger charge is 2.38. The van der Waals surface area contributed by atoms with Crippen LogP contribution in [0.25, 0.3) is 0 Å². The Morgan fingerprint density at radius 1 is 1.06 bits per heavy atom. The van der Waals surface area contributed by atoms with Crippen molar-refractivity contribution >= 4 is 24.2 Å². The highest BCUT2D eigenvalue weighted by molar-refractivity contribution is 5.80. The van der Waals surface area contributed by atoms with Crippen molar-refractivity contribution in [3.05, 3.63) is 0 Å². The standard InChI is InChI=1S/C10H11N3O5/c14-6-11-4-2-1-3-10(9(17)18,13-8-16)5-12-7-15/h1-5H2,(H,17,18). The van der Waals surface area contributed by atoms with Gasteiger partial charge in [-0.15, -0.1) is 0 Å². The van der Waals surface area contributed by atoms with Crippen molar-refractivity contribution in [2.24, 2.45) is 15.0 Å². The molecule has 0 aromatic rings. The summed E-state index contributed by atoms with van der Waals surface area (Å²) >= 11 is 0. The molecule has 18 heavy (non-hydrogen) atoms. The summed E-state index contributed by atoms with van der Waals surface area (Å²) in [5, 5.41) is 9.04. The van der Waals surface area contributed by atoms with E-state index in [1.807, 2.05) is 0 Å². The molecule has 0 aromatic carbocycles. The van der Waals surface area contributed by atoms with Gasteiger partial charge in [0.25, 0.3) is 0 Å². The molecule has 0 aliphatic rings. The molecule has 0 radical (unpaired) electrons. The van der Waals surface area contributed by atoms with E-state index in [1.54, 1.807) is 0 Å². The average Bonchev–Trinajstić information content (AvgIpc) is 2.35. The number of carbonyl (C=O) groups excluding carboxylic acids is 3. The van der Waals surface area contributed by atoms with Crippen LogP contribution >= 0.6 is 0 Å². The Morgan fingerprint density at radius 2 is 1.72 bits per heavy atom. The number of rotatable bonds is 9. The number of unbranched alkanes of at least 4 members (excludes halogenated alkanes) is 1. The van der Waals surface area contributed by atoms with Crippen LogP contribution < -0.4 is 0 Å². The third-order valence-corrected chi connectivity index (χ3v) is 2.24. The van der Waals surface area contributed by atoms with E-state index in [2.05, 4.69) is 15.0 Å². The van der Waals surface area contributed by atoms with E-state index < -0.39 is 18.1 Å². The molecule has 0 fully saturated rings. The second-order valence-corrected chi connectivity index (χ2v) is 3.38. The van der Waals surface area contributed by atoms with Gasteiger partial charge in [-0.1, -0.05) is 0 Å². The van der Waals surface area contributed by atoms with Crippen LogP contribution in [0.4, 0.5) is 0 Å². The number of aliphatic carboxylic acids is 1. The average molecular weight is 253 g/mol. The van der Waals surface area contributed by atoms with Gasteiger partial charge < -0.3 is 5.11 Å². The Kier molecular flexibility index (Phi) is 7.57. The number of carboxylic acid groups (broad SMARTS) is 1. The molecule has 0 aromatic heterocycles. The Labute approximate surface area is 102 Å². The lowest BCUT2D eigenvalue weighted by atomic mass is 9.93. The molecule has 0 spiro atoms. The number of carboxylic acids is 1. The zero-order chi connectivity index (χ0) is 13.9. The molecule has 0 saturated heterocycles. The van der Waals surface area contributed by atoms with Crippen molar-refractivity contribution in [3.8, 4) is 0 Å². The lowest BCUT2D eigenvalue weighted by molar-refractivity contribution is -0.143. The smallest absolute Gasteiger partial charge is 0.334 e. The molecule has 1 atom stereocenters. The third kappa shape index (κ3) is 5.09. The Morgan fingerprint density at radius 3 is 2.22 bits per heavy atom. The van der Waals surface area contributed by atoms with E-state index in [1.165, 1.54) is 18.2 Å². The minimum Gasteiger partial charge on any atom is -0.479 e. The van der Waals surface area contributed by atoms with Gasteiger partial charge in [-0.2, -0.15) is 4.99 Å². The number of carbonyl (C=O) groups is 1. The number of hydrogen-bond donors (Lipinski definition) is 1. The quantitative estimate of drug-likeness (QED) is 0.351. The Balaban J connectivity index is 4.72. The van der Waals surface area contributed by atoms with Gasteiger partial charge in [-0.05, 0) is 19.3 Å². The molecule has 0 bridgehead atoms. The summed E-state index contributed by atoms with van der Waals surface area (Å²) in [5.41, 5.74) is -1.80. The fourth-order valence-corrected chi connectivity index (χ4v) is 1.30. The van der Waals surface area contributed by atoms with Crippen molar-refractivity contribution in [2.75, 3.05) is 13.1 Å². The van der Waals surface area contributed by atoms with E-state index in [9.17, 15) is 19.2 Å². The lowest BCUT2D eigenvalue weighted by Crippen LogP contribution is -2.40. The van der Waals surface area contributed by atoms with Crippen LogP contribution in [0.2, 0.25) is 0 Å². The first kappa shape index (κ1) is 15.6. The summed E-state index contributed by atoms with van der Waals surface area (Å²) < 4.78 is 0. The highest BCUT2D eigenvalue weighted by atomic mass is 16.4. The van der Waals surface area contributed by atoms with E-state index >= 15 is 0 Å². The largest absolute Gasteiger partial charge is 0.479 e. The minimum absolute atomic E-state index is 0.0167. The molecule has 1 unspecified atom stereocenters. The fourth-order valence-electron chi connectivity index (χ4n) is 1.30. The predicted octanol–water partition coefficient (Wildman–Crippen LogP) is -0.0125. The van der Waals surface area contributed by atoms with Crippen molar-refractivity contribution in [1.29, 1.82) is 0 Å². The zero-order valence-electron chi connectivity index (χ0n) is 9.46. The van der Waals surface area contributed by atoms with E-state index in [0.717, 1.165) is 0 Å². The zero-order valence-corrected chi connectivity index (χ0v) is 9.46. The molecule has 1 N–H and O–H groups in total. The molecule has 0 rings (SSSR count). The van der Waals surface area contributed by atoms with Crippen molar-refractivity contribution < 1.29 is 24.3 Å². The van der Waals surface area contributed by atoms with Crippen LogP contribution in [0, 0.1) is 0 Å². The number of hydrogen-bond acceptors (Lipinski definition) is 7. The summed E-state index contributed by atoms with van der Waals surface area (Å²) in [6, 6.07) is 0. The fraction of sp³-hybridized carbons (Fsp3) is 0.600. The van der Waals surface area contributed by atoms with Gasteiger partial charge in [0.15, 0.2) is 5.54 Å². The summed E-state index contributed by atoms with van der Waals surface area (Å²) in [6.45, 7) is -0.265. The minimum atomic E-state index is -1.80. The van der Waals surface area contributed by atoms with E-state index in [0.29, 0.717) is 12.8 Å². The SMILES string of the molecule is O=C=NCCCCC(CN=C=O)(N=C=O)C(=O)O. The molecule has 0 heterocycles. The van der Waals surface area contributed by atoms with E-state index in [4.69, 9.17) is 5.11 Å². The molecule has 0 aliphatic carbocycles. The lowest BCUT2D eigenvalue weighted by Gasteiger charge is -2.20. The van der Waals surface area contributed by atoms with Gasteiger partial charge in [-0.3, -0.25) is 0 Å². The first-order chi connectivity index (χ1) is 8.63. The summed E-state index contributed by atoms with van der Waals surface area (Å²) in [5.74, 6) is -1.37. The molecule has 0 amide bonds. The monoisotopic (exact) mass is 253 g/mol. The van der Waals surface area contributed by atoms with Gasteiger partial charge in [-0.25, -0.2) is 29.2 Å². The maximum atomic E-state index is 11.1. The molecule has 0 saturated carbocycles. The van der Waals surface area contributed by atoms with Gasteiger partial charge in [0.05, 0.1) is 13.1 Å². The number of aliphatic imine (C=N–C) groups is 3. The van der Waals surface area contributed by atoms with Crippen molar-refractivity contribution in [1.82, 2.24) is 0 Å².